The lowest BCUT2D eigenvalue weighted by atomic mass is 10.1. The zero-order valence-corrected chi connectivity index (χ0v) is 12.7. The Morgan fingerprint density at radius 1 is 1.45 bits per heavy atom. The van der Waals surface area contributed by atoms with Gasteiger partial charge < -0.3 is 10.6 Å². The van der Waals surface area contributed by atoms with Crippen LogP contribution in [0.2, 0.25) is 0 Å². The summed E-state index contributed by atoms with van der Waals surface area (Å²) in [6, 6.07) is 5.74. The van der Waals surface area contributed by atoms with Crippen molar-refractivity contribution >= 4 is 27.5 Å². The van der Waals surface area contributed by atoms with Gasteiger partial charge in [-0.25, -0.2) is 0 Å². The molecule has 3 rings (SSSR count). The predicted octanol–water partition coefficient (Wildman–Crippen LogP) is 2.38. The van der Waals surface area contributed by atoms with Crippen LogP contribution in [0.25, 0.3) is 0 Å². The number of rotatable bonds is 2. The lowest BCUT2D eigenvalue weighted by molar-refractivity contribution is 0.102. The Hall–Kier alpha value is -1.66. The Bertz CT molecular complexity index is 665. The molecule has 0 unspecified atom stereocenters. The van der Waals surface area contributed by atoms with Crippen LogP contribution in [0, 0.1) is 6.92 Å². The van der Waals surface area contributed by atoms with E-state index in [1.165, 1.54) is 0 Å². The highest BCUT2D eigenvalue weighted by Crippen LogP contribution is 2.22. The molecule has 1 amide bonds. The fraction of sp³-hybridized carbons (Fsp3) is 0.286. The van der Waals surface area contributed by atoms with Crippen LogP contribution in [-0.2, 0) is 13.0 Å². The first-order chi connectivity index (χ1) is 9.65. The number of nitrogens with zero attached hydrogens (tertiary/aromatic N) is 1. The molecular formula is C14H15BrN4O. The highest BCUT2D eigenvalue weighted by atomic mass is 79.9. The van der Waals surface area contributed by atoms with Gasteiger partial charge in [0.05, 0.1) is 0 Å². The Morgan fingerprint density at radius 3 is 3.10 bits per heavy atom. The summed E-state index contributed by atoms with van der Waals surface area (Å²) in [4.78, 5) is 12.3. The monoisotopic (exact) mass is 334 g/mol. The fourth-order valence-corrected chi connectivity index (χ4v) is 2.65. The highest BCUT2D eigenvalue weighted by Gasteiger charge is 2.21. The smallest absolute Gasteiger partial charge is 0.276 e. The third-order valence-electron chi connectivity index (χ3n) is 3.45. The van der Waals surface area contributed by atoms with Crippen LogP contribution in [0.15, 0.2) is 22.7 Å². The topological polar surface area (TPSA) is 69.8 Å². The van der Waals surface area contributed by atoms with Crippen molar-refractivity contribution in [1.82, 2.24) is 15.5 Å². The van der Waals surface area contributed by atoms with Crippen LogP contribution < -0.4 is 10.6 Å². The minimum Gasteiger partial charge on any atom is -0.321 e. The molecular weight excluding hydrogens is 320 g/mol. The van der Waals surface area contributed by atoms with E-state index in [4.69, 9.17) is 0 Å². The van der Waals surface area contributed by atoms with E-state index < -0.39 is 0 Å². The van der Waals surface area contributed by atoms with E-state index in [0.717, 1.165) is 39.9 Å². The van der Waals surface area contributed by atoms with E-state index in [0.29, 0.717) is 12.2 Å². The third kappa shape index (κ3) is 2.48. The molecule has 5 nitrogen and oxygen atoms in total. The van der Waals surface area contributed by atoms with Crippen LogP contribution in [0.1, 0.15) is 27.3 Å². The van der Waals surface area contributed by atoms with Gasteiger partial charge in [-0.05, 0) is 24.6 Å². The minimum absolute atomic E-state index is 0.179. The zero-order chi connectivity index (χ0) is 14.1. The Labute approximate surface area is 125 Å². The molecule has 0 atom stereocenters. The molecule has 20 heavy (non-hydrogen) atoms. The second kappa shape index (κ2) is 5.38. The van der Waals surface area contributed by atoms with Gasteiger partial charge in [0.15, 0.2) is 5.69 Å². The summed E-state index contributed by atoms with van der Waals surface area (Å²) in [6.07, 6.45) is 0.881. The number of carbonyl (C=O) groups excluding carboxylic acids is 1. The largest absolute Gasteiger partial charge is 0.321 e. The van der Waals surface area contributed by atoms with Crippen LogP contribution in [0.3, 0.4) is 0 Å². The molecule has 0 spiro atoms. The molecule has 2 aromatic rings. The van der Waals surface area contributed by atoms with E-state index >= 15 is 0 Å². The molecule has 0 bridgehead atoms. The lowest BCUT2D eigenvalue weighted by Crippen LogP contribution is -2.25. The maximum atomic E-state index is 12.3. The number of aryl methyl sites for hydroxylation is 1. The summed E-state index contributed by atoms with van der Waals surface area (Å²) >= 11 is 3.46. The molecule has 0 saturated carbocycles. The Morgan fingerprint density at radius 2 is 2.30 bits per heavy atom. The van der Waals surface area contributed by atoms with Crippen LogP contribution in [-0.4, -0.2) is 22.6 Å². The van der Waals surface area contributed by atoms with E-state index in [1.54, 1.807) is 0 Å². The van der Waals surface area contributed by atoms with Gasteiger partial charge in [-0.3, -0.25) is 9.89 Å². The maximum Gasteiger partial charge on any atom is 0.276 e. The number of amides is 1. The van der Waals surface area contributed by atoms with Gasteiger partial charge in [0.25, 0.3) is 5.91 Å². The number of aromatic nitrogens is 2. The van der Waals surface area contributed by atoms with Crippen molar-refractivity contribution in [3.05, 3.63) is 45.2 Å². The number of benzene rings is 1. The van der Waals surface area contributed by atoms with E-state index in [1.807, 2.05) is 25.1 Å². The predicted molar refractivity (Wildman–Crippen MR) is 80.8 cm³/mol. The average molecular weight is 335 g/mol. The molecule has 0 fully saturated rings. The van der Waals surface area contributed by atoms with Crippen molar-refractivity contribution in [1.29, 1.82) is 0 Å². The number of aromatic amines is 1. The van der Waals surface area contributed by atoms with Gasteiger partial charge in [0.1, 0.15) is 0 Å². The Kier molecular flexibility index (Phi) is 3.58. The molecule has 1 aliphatic rings. The zero-order valence-electron chi connectivity index (χ0n) is 11.1. The first-order valence-electron chi connectivity index (χ1n) is 6.49. The Balaban J connectivity index is 1.82. The van der Waals surface area contributed by atoms with Crippen molar-refractivity contribution in [2.24, 2.45) is 0 Å². The lowest BCUT2D eigenvalue weighted by Gasteiger charge is -2.13. The third-order valence-corrected chi connectivity index (χ3v) is 4.31. The van der Waals surface area contributed by atoms with Gasteiger partial charge in [0.2, 0.25) is 0 Å². The number of hydrogen-bond donors (Lipinski definition) is 3. The van der Waals surface area contributed by atoms with Crippen molar-refractivity contribution in [2.45, 2.75) is 19.9 Å². The number of halogens is 1. The standard InChI is InChI=1S/C14H15BrN4O/c1-8-2-3-9(6-11(8)15)17-14(20)13-10-7-16-5-4-12(10)18-19-13/h2-3,6,16H,4-5,7H2,1H3,(H,17,20)(H,18,19). The maximum absolute atomic E-state index is 12.3. The summed E-state index contributed by atoms with van der Waals surface area (Å²) in [5.41, 5.74) is 4.39. The number of anilines is 1. The van der Waals surface area contributed by atoms with Gasteiger partial charge in [-0.1, -0.05) is 22.0 Å². The number of hydrogen-bond acceptors (Lipinski definition) is 3. The van der Waals surface area contributed by atoms with Crippen molar-refractivity contribution in [3.8, 4) is 0 Å². The summed E-state index contributed by atoms with van der Waals surface area (Å²) < 4.78 is 0.973. The molecule has 1 aromatic carbocycles. The molecule has 104 valence electrons. The van der Waals surface area contributed by atoms with Crippen molar-refractivity contribution in [2.75, 3.05) is 11.9 Å². The fourth-order valence-electron chi connectivity index (χ4n) is 2.27. The van der Waals surface area contributed by atoms with Gasteiger partial charge in [0, 0.05) is 40.9 Å². The number of nitrogens with one attached hydrogen (secondary N) is 3. The first kappa shape index (κ1) is 13.3. The number of H-pyrrole nitrogens is 1. The van der Waals surface area contributed by atoms with Crippen molar-refractivity contribution in [3.63, 3.8) is 0 Å². The highest BCUT2D eigenvalue weighted by molar-refractivity contribution is 9.10. The molecule has 6 heteroatoms. The second-order valence-electron chi connectivity index (χ2n) is 4.87. The van der Waals surface area contributed by atoms with E-state index in [-0.39, 0.29) is 5.91 Å². The molecule has 1 aliphatic heterocycles. The molecule has 3 N–H and O–H groups in total. The summed E-state index contributed by atoms with van der Waals surface area (Å²) in [6.45, 7) is 3.61. The van der Waals surface area contributed by atoms with Crippen LogP contribution >= 0.6 is 15.9 Å². The summed E-state index contributed by atoms with van der Waals surface area (Å²) in [7, 11) is 0. The molecule has 0 radical (unpaired) electrons. The van der Waals surface area contributed by atoms with Gasteiger partial charge in [-0.2, -0.15) is 5.10 Å². The first-order valence-corrected chi connectivity index (χ1v) is 7.29. The SMILES string of the molecule is Cc1ccc(NC(=O)c2n[nH]c3c2CNCC3)cc1Br. The quantitative estimate of drug-likeness (QED) is 0.789. The normalized spacial score (nSPS) is 13.9. The number of carbonyl (C=O) groups is 1. The second-order valence-corrected chi connectivity index (χ2v) is 5.73. The van der Waals surface area contributed by atoms with Gasteiger partial charge in [-0.15, -0.1) is 0 Å². The molecule has 0 aliphatic carbocycles. The molecule has 1 aromatic heterocycles. The molecule has 2 heterocycles. The summed E-state index contributed by atoms with van der Waals surface area (Å²) in [5.74, 6) is -0.179. The molecule has 0 saturated heterocycles. The van der Waals surface area contributed by atoms with Crippen LogP contribution in [0.4, 0.5) is 5.69 Å². The van der Waals surface area contributed by atoms with Crippen molar-refractivity contribution < 1.29 is 4.79 Å². The van der Waals surface area contributed by atoms with E-state index in [2.05, 4.69) is 36.8 Å². The summed E-state index contributed by atoms with van der Waals surface area (Å²) in [5, 5.41) is 13.2. The van der Waals surface area contributed by atoms with Crippen LogP contribution in [0.5, 0.6) is 0 Å². The number of fused-ring (bicyclic) bond motifs is 1. The van der Waals surface area contributed by atoms with E-state index in [9.17, 15) is 4.79 Å². The van der Waals surface area contributed by atoms with Gasteiger partial charge >= 0.3 is 0 Å². The minimum atomic E-state index is -0.179. The average Bonchev–Trinajstić information content (AvgIpc) is 2.87.